The van der Waals surface area contributed by atoms with Crippen LogP contribution in [0, 0.1) is 6.92 Å². The molecule has 0 aliphatic carbocycles. The normalized spacial score (nSPS) is 16.4. The van der Waals surface area contributed by atoms with Crippen molar-refractivity contribution in [1.29, 1.82) is 0 Å². The largest absolute Gasteiger partial charge is 0.385 e. The van der Waals surface area contributed by atoms with E-state index in [1.165, 1.54) is 4.88 Å². The van der Waals surface area contributed by atoms with Gasteiger partial charge in [0, 0.05) is 9.75 Å². The molecule has 2 heteroatoms. The van der Waals surface area contributed by atoms with Gasteiger partial charge in [-0.25, -0.2) is 0 Å². The first-order chi connectivity index (χ1) is 5.06. The average Bonchev–Trinajstić information content (AvgIpc) is 2.36. The third kappa shape index (κ3) is 1.82. The average molecular weight is 170 g/mol. The van der Waals surface area contributed by atoms with Crippen LogP contribution in [0.15, 0.2) is 12.1 Å². The fraction of sp³-hybridized carbons (Fsp3) is 0.556. The molecule has 0 aliphatic rings. The molecule has 1 aromatic heterocycles. The first-order valence-corrected chi connectivity index (χ1v) is 4.67. The summed E-state index contributed by atoms with van der Waals surface area (Å²) < 4.78 is 0. The van der Waals surface area contributed by atoms with Gasteiger partial charge in [-0.05, 0) is 32.4 Å². The van der Waals surface area contributed by atoms with Gasteiger partial charge >= 0.3 is 0 Å². The third-order valence-corrected chi connectivity index (χ3v) is 3.21. The van der Waals surface area contributed by atoms with Crippen molar-refractivity contribution in [3.8, 4) is 0 Å². The molecule has 0 fully saturated rings. The maximum Gasteiger partial charge on any atom is 0.0957 e. The van der Waals surface area contributed by atoms with Crippen molar-refractivity contribution in [2.75, 3.05) is 0 Å². The van der Waals surface area contributed by atoms with Crippen LogP contribution in [-0.4, -0.2) is 5.11 Å². The molecule has 1 aromatic rings. The summed E-state index contributed by atoms with van der Waals surface area (Å²) in [6, 6.07) is 4.05. The number of rotatable bonds is 2. The number of aliphatic hydroxyl groups is 1. The van der Waals surface area contributed by atoms with Crippen molar-refractivity contribution < 1.29 is 5.11 Å². The maximum atomic E-state index is 9.82. The quantitative estimate of drug-likeness (QED) is 0.723. The predicted octanol–water partition coefficient (Wildman–Crippen LogP) is 2.67. The zero-order chi connectivity index (χ0) is 8.48. The van der Waals surface area contributed by atoms with E-state index >= 15 is 0 Å². The second-order valence-corrected chi connectivity index (χ2v) is 4.33. The van der Waals surface area contributed by atoms with E-state index in [9.17, 15) is 5.11 Å². The van der Waals surface area contributed by atoms with Crippen LogP contribution in [-0.2, 0) is 5.60 Å². The summed E-state index contributed by atoms with van der Waals surface area (Å²) in [4.78, 5) is 2.33. The summed E-state index contributed by atoms with van der Waals surface area (Å²) in [6.45, 7) is 5.91. The van der Waals surface area contributed by atoms with E-state index in [0.29, 0.717) is 0 Å². The minimum Gasteiger partial charge on any atom is -0.385 e. The molecule has 0 saturated heterocycles. The molecule has 1 atom stereocenters. The molecular weight excluding hydrogens is 156 g/mol. The van der Waals surface area contributed by atoms with Gasteiger partial charge in [0.05, 0.1) is 5.60 Å². The molecular formula is C9H14OS. The van der Waals surface area contributed by atoms with Gasteiger partial charge in [0.15, 0.2) is 0 Å². The molecule has 0 amide bonds. The third-order valence-electron chi connectivity index (χ3n) is 1.96. The molecule has 0 spiro atoms. The van der Waals surface area contributed by atoms with Crippen LogP contribution in [0.25, 0.3) is 0 Å². The Bertz CT molecular complexity index is 237. The Balaban J connectivity index is 2.92. The lowest BCUT2D eigenvalue weighted by molar-refractivity contribution is 0.0569. The lowest BCUT2D eigenvalue weighted by Gasteiger charge is -2.18. The van der Waals surface area contributed by atoms with Crippen LogP contribution in [0.2, 0.25) is 0 Å². The zero-order valence-corrected chi connectivity index (χ0v) is 8.03. The van der Waals surface area contributed by atoms with Crippen LogP contribution < -0.4 is 0 Å². The zero-order valence-electron chi connectivity index (χ0n) is 7.22. The summed E-state index contributed by atoms with van der Waals surface area (Å²) in [5, 5.41) is 9.82. The van der Waals surface area contributed by atoms with E-state index in [2.05, 4.69) is 6.92 Å². The molecule has 0 aromatic carbocycles. The van der Waals surface area contributed by atoms with Gasteiger partial charge in [-0.1, -0.05) is 6.92 Å². The van der Waals surface area contributed by atoms with Crippen molar-refractivity contribution in [3.05, 3.63) is 21.9 Å². The fourth-order valence-corrected chi connectivity index (χ4v) is 1.88. The van der Waals surface area contributed by atoms with E-state index < -0.39 is 5.60 Å². The van der Waals surface area contributed by atoms with Gasteiger partial charge in [0.2, 0.25) is 0 Å². The Morgan fingerprint density at radius 3 is 2.55 bits per heavy atom. The smallest absolute Gasteiger partial charge is 0.0957 e. The minimum atomic E-state index is -0.626. The molecule has 0 unspecified atom stereocenters. The van der Waals surface area contributed by atoms with E-state index in [-0.39, 0.29) is 0 Å². The molecule has 1 nitrogen and oxygen atoms in total. The van der Waals surface area contributed by atoms with Crippen LogP contribution in [0.3, 0.4) is 0 Å². The first kappa shape index (κ1) is 8.75. The lowest BCUT2D eigenvalue weighted by Crippen LogP contribution is -2.17. The van der Waals surface area contributed by atoms with Gasteiger partial charge < -0.3 is 5.11 Å². The fourth-order valence-electron chi connectivity index (χ4n) is 0.898. The highest BCUT2D eigenvalue weighted by Gasteiger charge is 2.21. The van der Waals surface area contributed by atoms with Crippen LogP contribution in [0.5, 0.6) is 0 Å². The Morgan fingerprint density at radius 2 is 2.18 bits per heavy atom. The Kier molecular flexibility index (Phi) is 2.35. The van der Waals surface area contributed by atoms with Crippen LogP contribution in [0.1, 0.15) is 30.0 Å². The summed E-state index contributed by atoms with van der Waals surface area (Å²) >= 11 is 1.67. The Hall–Kier alpha value is -0.340. The second kappa shape index (κ2) is 2.95. The predicted molar refractivity (Wildman–Crippen MR) is 48.9 cm³/mol. The van der Waals surface area contributed by atoms with Gasteiger partial charge in [0.25, 0.3) is 0 Å². The molecule has 0 bridgehead atoms. The maximum absolute atomic E-state index is 9.82. The van der Waals surface area contributed by atoms with Gasteiger partial charge in [-0.2, -0.15) is 0 Å². The molecule has 1 N–H and O–H groups in total. The van der Waals surface area contributed by atoms with Crippen molar-refractivity contribution in [3.63, 3.8) is 0 Å². The minimum absolute atomic E-state index is 0.626. The first-order valence-electron chi connectivity index (χ1n) is 3.85. The van der Waals surface area contributed by atoms with Crippen molar-refractivity contribution in [2.45, 2.75) is 32.8 Å². The number of hydrogen-bond donors (Lipinski definition) is 1. The van der Waals surface area contributed by atoms with Crippen LogP contribution >= 0.6 is 11.3 Å². The number of hydrogen-bond acceptors (Lipinski definition) is 2. The van der Waals surface area contributed by atoms with Crippen molar-refractivity contribution in [2.24, 2.45) is 0 Å². The van der Waals surface area contributed by atoms with E-state index in [0.717, 1.165) is 11.3 Å². The van der Waals surface area contributed by atoms with Crippen molar-refractivity contribution >= 4 is 11.3 Å². The highest BCUT2D eigenvalue weighted by molar-refractivity contribution is 7.12. The van der Waals surface area contributed by atoms with Crippen LogP contribution in [0.4, 0.5) is 0 Å². The lowest BCUT2D eigenvalue weighted by atomic mass is 10.0. The molecule has 1 rings (SSSR count). The SMILES string of the molecule is CC[C@@](C)(O)c1ccc(C)s1. The monoisotopic (exact) mass is 170 g/mol. The summed E-state index contributed by atoms with van der Waals surface area (Å²) in [6.07, 6.45) is 0.771. The summed E-state index contributed by atoms with van der Waals surface area (Å²) in [5.74, 6) is 0. The molecule has 0 aliphatic heterocycles. The number of thiophene rings is 1. The Morgan fingerprint density at radius 1 is 1.55 bits per heavy atom. The Labute approximate surface area is 71.7 Å². The van der Waals surface area contributed by atoms with Crippen molar-refractivity contribution in [1.82, 2.24) is 0 Å². The summed E-state index contributed by atoms with van der Waals surface area (Å²) in [7, 11) is 0. The van der Waals surface area contributed by atoms with E-state index in [4.69, 9.17) is 0 Å². The highest BCUT2D eigenvalue weighted by atomic mass is 32.1. The van der Waals surface area contributed by atoms with E-state index in [1.54, 1.807) is 11.3 Å². The molecule has 62 valence electrons. The molecule has 0 saturated carbocycles. The molecule has 1 heterocycles. The molecule has 11 heavy (non-hydrogen) atoms. The highest BCUT2D eigenvalue weighted by Crippen LogP contribution is 2.29. The summed E-state index contributed by atoms with van der Waals surface area (Å²) in [5.41, 5.74) is -0.626. The number of aryl methyl sites for hydroxylation is 1. The standard InChI is InChI=1S/C9H14OS/c1-4-9(3,10)8-6-5-7(2)11-8/h5-6,10H,4H2,1-3H3/t9-/m1/s1. The van der Waals surface area contributed by atoms with Gasteiger partial charge in [-0.15, -0.1) is 11.3 Å². The van der Waals surface area contributed by atoms with Gasteiger partial charge in [-0.3, -0.25) is 0 Å². The molecule has 0 radical (unpaired) electrons. The topological polar surface area (TPSA) is 20.2 Å². The van der Waals surface area contributed by atoms with E-state index in [1.807, 2.05) is 26.0 Å². The second-order valence-electron chi connectivity index (χ2n) is 3.04. The van der Waals surface area contributed by atoms with Gasteiger partial charge in [0.1, 0.15) is 0 Å².